The lowest BCUT2D eigenvalue weighted by molar-refractivity contribution is 0.262. The fourth-order valence-electron chi connectivity index (χ4n) is 1.91. The Morgan fingerprint density at radius 3 is 2.43 bits per heavy atom. The number of anilines is 2. The van der Waals surface area contributed by atoms with Gasteiger partial charge in [0.15, 0.2) is 0 Å². The molecule has 21 heavy (non-hydrogen) atoms. The van der Waals surface area contributed by atoms with Crippen LogP contribution in [0.25, 0.3) is 0 Å². The molecule has 0 aromatic heterocycles. The molecule has 2 rings (SSSR count). The molecular formula is C16H19N3O2. The van der Waals surface area contributed by atoms with Gasteiger partial charge in [-0.05, 0) is 48.4 Å². The highest BCUT2D eigenvalue weighted by Crippen LogP contribution is 2.21. The molecule has 2 aromatic carbocycles. The van der Waals surface area contributed by atoms with Crippen LogP contribution < -0.4 is 21.1 Å². The first-order chi connectivity index (χ1) is 10.1. The smallest absolute Gasteiger partial charge is 0.323 e. The van der Waals surface area contributed by atoms with Crippen LogP contribution in [0.15, 0.2) is 42.5 Å². The number of urea groups is 1. The third-order valence-electron chi connectivity index (χ3n) is 3.13. The molecular weight excluding hydrogens is 266 g/mol. The lowest BCUT2D eigenvalue weighted by Crippen LogP contribution is -2.20. The lowest BCUT2D eigenvalue weighted by atomic mass is 10.2. The Morgan fingerprint density at radius 2 is 1.86 bits per heavy atom. The van der Waals surface area contributed by atoms with E-state index in [1.807, 2.05) is 43.3 Å². The molecule has 0 aliphatic heterocycles. The van der Waals surface area contributed by atoms with E-state index in [0.29, 0.717) is 6.54 Å². The van der Waals surface area contributed by atoms with E-state index in [-0.39, 0.29) is 6.03 Å². The maximum atomic E-state index is 12.0. The minimum absolute atomic E-state index is 0.288. The van der Waals surface area contributed by atoms with Crippen LogP contribution in [0, 0.1) is 6.92 Å². The van der Waals surface area contributed by atoms with Gasteiger partial charge in [0.1, 0.15) is 5.75 Å². The van der Waals surface area contributed by atoms with Crippen molar-refractivity contribution in [3.8, 4) is 5.75 Å². The third kappa shape index (κ3) is 3.97. The molecule has 2 amide bonds. The molecule has 5 nitrogen and oxygen atoms in total. The Labute approximate surface area is 124 Å². The number of benzene rings is 2. The number of carbonyl (C=O) groups excluding carboxylic acids is 1. The van der Waals surface area contributed by atoms with Crippen LogP contribution in [0.5, 0.6) is 5.75 Å². The van der Waals surface area contributed by atoms with Gasteiger partial charge < -0.3 is 21.1 Å². The van der Waals surface area contributed by atoms with Crippen molar-refractivity contribution in [2.75, 3.05) is 17.7 Å². The number of aryl methyl sites for hydroxylation is 1. The zero-order chi connectivity index (χ0) is 15.2. The van der Waals surface area contributed by atoms with Gasteiger partial charge in [0.25, 0.3) is 0 Å². The zero-order valence-electron chi connectivity index (χ0n) is 12.1. The summed E-state index contributed by atoms with van der Waals surface area (Å²) in [6, 6.07) is 12.6. The molecule has 5 heteroatoms. The van der Waals surface area contributed by atoms with Crippen molar-refractivity contribution in [3.63, 3.8) is 0 Å². The molecule has 110 valence electrons. The molecule has 0 aliphatic carbocycles. The molecule has 0 spiro atoms. The van der Waals surface area contributed by atoms with Crippen LogP contribution in [0.3, 0.4) is 0 Å². The van der Waals surface area contributed by atoms with E-state index in [4.69, 9.17) is 10.5 Å². The summed E-state index contributed by atoms with van der Waals surface area (Å²) in [5.74, 6) is 0.760. The number of carbonyl (C=O) groups is 1. The Hall–Kier alpha value is -2.53. The van der Waals surface area contributed by atoms with E-state index < -0.39 is 0 Å². The van der Waals surface area contributed by atoms with Crippen LogP contribution in [0.4, 0.5) is 16.2 Å². The summed E-state index contributed by atoms with van der Waals surface area (Å²) >= 11 is 0. The van der Waals surface area contributed by atoms with Crippen molar-refractivity contribution in [1.29, 1.82) is 0 Å². The second kappa shape index (κ2) is 6.76. The van der Waals surface area contributed by atoms with Gasteiger partial charge in [-0.3, -0.25) is 0 Å². The first-order valence-electron chi connectivity index (χ1n) is 6.64. The average Bonchev–Trinajstić information content (AvgIpc) is 2.50. The maximum absolute atomic E-state index is 12.0. The number of hydrogen-bond donors (Lipinski definition) is 3. The molecule has 0 atom stereocenters. The number of nitrogens with two attached hydrogens (primary N) is 1. The number of nitrogens with one attached hydrogen (secondary N) is 2. The summed E-state index contributed by atoms with van der Waals surface area (Å²) in [5, 5.41) is 5.58. The van der Waals surface area contributed by atoms with Gasteiger partial charge in [0.2, 0.25) is 0 Å². The highest BCUT2D eigenvalue weighted by molar-refractivity contribution is 6.00. The van der Waals surface area contributed by atoms with Crippen LogP contribution in [-0.2, 0) is 6.54 Å². The Kier molecular flexibility index (Phi) is 4.79. The summed E-state index contributed by atoms with van der Waals surface area (Å²) in [5.41, 5.74) is 8.95. The highest BCUT2D eigenvalue weighted by atomic mass is 16.5. The predicted molar refractivity (Wildman–Crippen MR) is 84.7 cm³/mol. The number of ether oxygens (including phenoxy) is 1. The number of hydrogen-bond acceptors (Lipinski definition) is 3. The van der Waals surface area contributed by atoms with Gasteiger partial charge in [0, 0.05) is 17.9 Å². The second-order valence-corrected chi connectivity index (χ2v) is 4.66. The van der Waals surface area contributed by atoms with E-state index in [9.17, 15) is 4.79 Å². The van der Waals surface area contributed by atoms with Crippen LogP contribution in [0.2, 0.25) is 0 Å². The van der Waals surface area contributed by atoms with Crippen LogP contribution in [-0.4, -0.2) is 13.1 Å². The maximum Gasteiger partial charge on any atom is 0.323 e. The average molecular weight is 285 g/mol. The normalized spacial score (nSPS) is 10.0. The molecule has 0 aliphatic rings. The largest absolute Gasteiger partial charge is 0.497 e. The summed E-state index contributed by atoms with van der Waals surface area (Å²) in [4.78, 5) is 12.0. The van der Waals surface area contributed by atoms with Crippen LogP contribution >= 0.6 is 0 Å². The van der Waals surface area contributed by atoms with Gasteiger partial charge >= 0.3 is 6.03 Å². The van der Waals surface area contributed by atoms with Gasteiger partial charge in [-0.1, -0.05) is 12.1 Å². The van der Waals surface area contributed by atoms with Gasteiger partial charge in [-0.25, -0.2) is 4.79 Å². The minimum Gasteiger partial charge on any atom is -0.497 e. The van der Waals surface area contributed by atoms with Gasteiger partial charge in [0.05, 0.1) is 7.11 Å². The number of methoxy groups -OCH3 is 1. The van der Waals surface area contributed by atoms with Crippen molar-refractivity contribution in [1.82, 2.24) is 0 Å². The second-order valence-electron chi connectivity index (χ2n) is 4.66. The SMILES string of the molecule is COc1ccc(NC(=O)Nc2ccc(CN)cc2)c(C)c1. The molecule has 0 fully saturated rings. The first-order valence-corrected chi connectivity index (χ1v) is 6.64. The molecule has 0 radical (unpaired) electrons. The van der Waals surface area contributed by atoms with Crippen molar-refractivity contribution in [2.45, 2.75) is 13.5 Å². The standard InChI is InChI=1S/C16H19N3O2/c1-11-9-14(21-2)7-8-15(11)19-16(20)18-13-5-3-12(10-17)4-6-13/h3-9H,10,17H2,1-2H3,(H2,18,19,20). The monoisotopic (exact) mass is 285 g/mol. The highest BCUT2D eigenvalue weighted by Gasteiger charge is 2.06. The quantitative estimate of drug-likeness (QED) is 0.808. The summed E-state index contributed by atoms with van der Waals surface area (Å²) in [6.07, 6.45) is 0. The first kappa shape index (κ1) is 14.9. The topological polar surface area (TPSA) is 76.4 Å². The van der Waals surface area contributed by atoms with E-state index in [2.05, 4.69) is 10.6 Å². The Bertz CT molecular complexity index is 624. The zero-order valence-corrected chi connectivity index (χ0v) is 12.1. The number of rotatable bonds is 4. The van der Waals surface area contributed by atoms with E-state index >= 15 is 0 Å². The van der Waals surface area contributed by atoms with Crippen molar-refractivity contribution in [2.24, 2.45) is 5.73 Å². The van der Waals surface area contributed by atoms with E-state index in [1.165, 1.54) is 0 Å². The van der Waals surface area contributed by atoms with Gasteiger partial charge in [-0.15, -0.1) is 0 Å². The van der Waals surface area contributed by atoms with Crippen LogP contribution in [0.1, 0.15) is 11.1 Å². The van der Waals surface area contributed by atoms with E-state index in [0.717, 1.165) is 28.3 Å². The molecule has 0 bridgehead atoms. The van der Waals surface area contributed by atoms with E-state index in [1.54, 1.807) is 13.2 Å². The van der Waals surface area contributed by atoms with Gasteiger partial charge in [-0.2, -0.15) is 0 Å². The fourth-order valence-corrected chi connectivity index (χ4v) is 1.91. The summed E-state index contributed by atoms with van der Waals surface area (Å²) in [6.45, 7) is 2.39. The molecule has 0 saturated carbocycles. The molecule has 0 unspecified atom stereocenters. The third-order valence-corrected chi connectivity index (χ3v) is 3.13. The lowest BCUT2D eigenvalue weighted by Gasteiger charge is -2.11. The molecule has 0 heterocycles. The molecule has 0 saturated heterocycles. The minimum atomic E-state index is -0.288. The van der Waals surface area contributed by atoms with Crippen molar-refractivity contribution >= 4 is 17.4 Å². The Morgan fingerprint density at radius 1 is 1.14 bits per heavy atom. The fraction of sp³-hybridized carbons (Fsp3) is 0.188. The predicted octanol–water partition coefficient (Wildman–Crippen LogP) is 3.11. The summed E-state index contributed by atoms with van der Waals surface area (Å²) < 4.78 is 5.13. The van der Waals surface area contributed by atoms with Crippen molar-refractivity contribution in [3.05, 3.63) is 53.6 Å². The Balaban J connectivity index is 2.00. The summed E-state index contributed by atoms with van der Waals surface area (Å²) in [7, 11) is 1.61. The molecule has 2 aromatic rings. The molecule has 4 N–H and O–H groups in total. The number of amides is 2. The van der Waals surface area contributed by atoms with Crippen molar-refractivity contribution < 1.29 is 9.53 Å².